The first-order valence-corrected chi connectivity index (χ1v) is 11.3. The van der Waals surface area contributed by atoms with Crippen LogP contribution in [0.3, 0.4) is 0 Å². The Hall–Kier alpha value is -3.27. The molecule has 0 atom stereocenters. The Morgan fingerprint density at radius 1 is 0.970 bits per heavy atom. The average molecular weight is 447 g/mol. The number of benzene rings is 3. The van der Waals surface area contributed by atoms with Crippen LogP contribution in [0.15, 0.2) is 73.3 Å². The van der Waals surface area contributed by atoms with Crippen molar-refractivity contribution in [3.8, 4) is 0 Å². The zero-order valence-electron chi connectivity index (χ0n) is 19.9. The van der Waals surface area contributed by atoms with Gasteiger partial charge in [-0.3, -0.25) is 0 Å². The summed E-state index contributed by atoms with van der Waals surface area (Å²) in [5.41, 5.74) is 7.23. The van der Waals surface area contributed by atoms with E-state index in [0.29, 0.717) is 12.1 Å². The van der Waals surface area contributed by atoms with E-state index in [-0.39, 0.29) is 6.42 Å². The van der Waals surface area contributed by atoms with Crippen LogP contribution in [0.2, 0.25) is 0 Å². The molecule has 0 fully saturated rings. The van der Waals surface area contributed by atoms with E-state index in [0.717, 1.165) is 41.3 Å². The molecule has 4 rings (SSSR count). The van der Waals surface area contributed by atoms with Crippen LogP contribution < -0.4 is 0 Å². The second kappa shape index (κ2) is 10.6. The molecular weight excluding hydrogens is 414 g/mol. The van der Waals surface area contributed by atoms with Crippen LogP contribution in [0.25, 0.3) is 17.1 Å². The summed E-state index contributed by atoms with van der Waals surface area (Å²) in [6.07, 6.45) is 2.67. The Kier molecular flexibility index (Phi) is 7.80. The highest BCUT2D eigenvalue weighted by Crippen LogP contribution is 2.24. The highest BCUT2D eigenvalue weighted by Gasteiger charge is 2.23. The maximum atomic E-state index is 13.5. The molecule has 0 saturated heterocycles. The summed E-state index contributed by atoms with van der Waals surface area (Å²) in [6, 6.07) is 22.0. The number of fused-ring (bicyclic) bond motifs is 1. The van der Waals surface area contributed by atoms with Crippen LogP contribution in [-0.4, -0.2) is 15.5 Å². The Labute approximate surface area is 195 Å². The quantitative estimate of drug-likeness (QED) is 0.295. The van der Waals surface area contributed by atoms with Crippen LogP contribution in [0.5, 0.6) is 0 Å². The lowest BCUT2D eigenvalue weighted by Gasteiger charge is -2.15. The molecule has 0 N–H and O–H groups in total. The summed E-state index contributed by atoms with van der Waals surface area (Å²) < 4.78 is 29.0. The molecule has 33 heavy (non-hydrogen) atoms. The monoisotopic (exact) mass is 446 g/mol. The smallest absolute Gasteiger partial charge is 0.249 e. The SMILES string of the molecule is C=Cc1ccc2c(c1)nc(C)n2Cc1ccccc1CC(C)(F)F.CCc1ccc(C)cc1. The van der Waals surface area contributed by atoms with E-state index in [9.17, 15) is 8.78 Å². The second-order valence-electron chi connectivity index (χ2n) is 8.55. The largest absolute Gasteiger partial charge is 0.324 e. The molecule has 0 aliphatic heterocycles. The van der Waals surface area contributed by atoms with E-state index in [1.807, 2.05) is 37.3 Å². The standard InChI is InChI=1S/C20H20F2N2.C9H12/c1-4-15-9-10-19-18(11-15)23-14(2)24(19)13-17-8-6-5-7-16(17)12-20(3,21)22;1-3-9-6-4-8(2)5-7-9/h4-11H,1,12-13H2,2-3H3;4-7H,3H2,1-2H3. The molecule has 0 spiro atoms. The summed E-state index contributed by atoms with van der Waals surface area (Å²) in [5, 5.41) is 0. The van der Waals surface area contributed by atoms with Gasteiger partial charge in [0.2, 0.25) is 5.92 Å². The van der Waals surface area contributed by atoms with Gasteiger partial charge in [-0.1, -0.05) is 79.7 Å². The van der Waals surface area contributed by atoms with Crippen molar-refractivity contribution in [2.24, 2.45) is 0 Å². The van der Waals surface area contributed by atoms with Crippen molar-refractivity contribution in [3.63, 3.8) is 0 Å². The van der Waals surface area contributed by atoms with Crippen molar-refractivity contribution < 1.29 is 8.78 Å². The molecule has 0 bridgehead atoms. The van der Waals surface area contributed by atoms with Crippen molar-refractivity contribution in [2.45, 2.75) is 53.0 Å². The second-order valence-corrected chi connectivity index (χ2v) is 8.55. The van der Waals surface area contributed by atoms with E-state index in [1.54, 1.807) is 18.2 Å². The van der Waals surface area contributed by atoms with Gasteiger partial charge >= 0.3 is 0 Å². The highest BCUT2D eigenvalue weighted by molar-refractivity contribution is 5.79. The third kappa shape index (κ3) is 6.61. The van der Waals surface area contributed by atoms with Crippen molar-refractivity contribution in [3.05, 3.63) is 107 Å². The van der Waals surface area contributed by atoms with Gasteiger partial charge in [0.15, 0.2) is 0 Å². The summed E-state index contributed by atoms with van der Waals surface area (Å²) in [4.78, 5) is 4.59. The lowest BCUT2D eigenvalue weighted by Crippen LogP contribution is -2.16. The van der Waals surface area contributed by atoms with Crippen molar-refractivity contribution in [2.75, 3.05) is 0 Å². The molecule has 0 amide bonds. The predicted molar refractivity (Wildman–Crippen MR) is 135 cm³/mol. The summed E-state index contributed by atoms with van der Waals surface area (Å²) in [7, 11) is 0. The van der Waals surface area contributed by atoms with Gasteiger partial charge in [0, 0.05) is 13.0 Å². The van der Waals surface area contributed by atoms with E-state index >= 15 is 0 Å². The van der Waals surface area contributed by atoms with Crippen molar-refractivity contribution in [1.29, 1.82) is 0 Å². The summed E-state index contributed by atoms with van der Waals surface area (Å²) in [6.45, 7) is 11.5. The molecule has 0 unspecified atom stereocenters. The minimum absolute atomic E-state index is 0.255. The fourth-order valence-electron chi connectivity index (χ4n) is 3.81. The highest BCUT2D eigenvalue weighted by atomic mass is 19.3. The molecule has 0 saturated carbocycles. The lowest BCUT2D eigenvalue weighted by molar-refractivity contribution is 0.0224. The number of rotatable bonds is 6. The van der Waals surface area contributed by atoms with Crippen LogP contribution in [0.4, 0.5) is 8.78 Å². The minimum Gasteiger partial charge on any atom is -0.324 e. The molecular formula is C29H32F2N2. The fraction of sp³-hybridized carbons (Fsp3) is 0.276. The van der Waals surface area contributed by atoms with Gasteiger partial charge < -0.3 is 4.57 Å². The third-order valence-corrected chi connectivity index (χ3v) is 5.68. The van der Waals surface area contributed by atoms with Gasteiger partial charge in [0.05, 0.1) is 11.0 Å². The van der Waals surface area contributed by atoms with Gasteiger partial charge in [-0.25, -0.2) is 13.8 Å². The van der Waals surface area contributed by atoms with E-state index in [2.05, 4.69) is 54.2 Å². The molecule has 4 aromatic rings. The van der Waals surface area contributed by atoms with Crippen LogP contribution in [-0.2, 0) is 19.4 Å². The first-order chi connectivity index (χ1) is 15.7. The molecule has 1 heterocycles. The Morgan fingerprint density at radius 3 is 2.24 bits per heavy atom. The topological polar surface area (TPSA) is 17.8 Å². The Bertz CT molecular complexity index is 1210. The first-order valence-electron chi connectivity index (χ1n) is 11.3. The fourth-order valence-corrected chi connectivity index (χ4v) is 3.81. The van der Waals surface area contributed by atoms with E-state index in [1.165, 1.54) is 11.1 Å². The number of hydrogen-bond acceptors (Lipinski definition) is 1. The number of hydrogen-bond donors (Lipinski definition) is 0. The number of imidazole rings is 1. The molecule has 3 aromatic carbocycles. The molecule has 4 heteroatoms. The maximum absolute atomic E-state index is 13.5. The molecule has 0 aliphatic carbocycles. The Morgan fingerprint density at radius 2 is 1.64 bits per heavy atom. The van der Waals surface area contributed by atoms with Crippen LogP contribution >= 0.6 is 0 Å². The molecule has 172 valence electrons. The van der Waals surface area contributed by atoms with E-state index in [4.69, 9.17) is 0 Å². The number of aromatic nitrogens is 2. The minimum atomic E-state index is -2.72. The number of aryl methyl sites for hydroxylation is 3. The summed E-state index contributed by atoms with van der Waals surface area (Å²) >= 11 is 0. The maximum Gasteiger partial charge on any atom is 0.249 e. The van der Waals surface area contributed by atoms with Gasteiger partial charge in [0.1, 0.15) is 5.82 Å². The summed E-state index contributed by atoms with van der Waals surface area (Å²) in [5.74, 6) is -1.86. The lowest BCUT2D eigenvalue weighted by atomic mass is 10.0. The zero-order valence-corrected chi connectivity index (χ0v) is 19.9. The molecule has 2 nitrogen and oxygen atoms in total. The van der Waals surface area contributed by atoms with Gasteiger partial charge in [-0.15, -0.1) is 0 Å². The number of nitrogens with zero attached hydrogens (tertiary/aromatic N) is 2. The third-order valence-electron chi connectivity index (χ3n) is 5.68. The van der Waals surface area contributed by atoms with Gasteiger partial charge in [-0.05, 0) is 61.6 Å². The van der Waals surface area contributed by atoms with E-state index < -0.39 is 5.92 Å². The predicted octanol–water partition coefficient (Wildman–Crippen LogP) is 7.79. The van der Waals surface area contributed by atoms with Crippen LogP contribution in [0.1, 0.15) is 47.5 Å². The number of halogens is 2. The number of alkyl halides is 2. The van der Waals surface area contributed by atoms with Crippen molar-refractivity contribution >= 4 is 17.1 Å². The molecule has 0 aliphatic rings. The average Bonchev–Trinajstić information content (AvgIpc) is 3.09. The zero-order chi connectivity index (χ0) is 24.0. The normalized spacial score (nSPS) is 11.2. The van der Waals surface area contributed by atoms with Gasteiger partial charge in [-0.2, -0.15) is 0 Å². The van der Waals surface area contributed by atoms with Gasteiger partial charge in [0.25, 0.3) is 0 Å². The van der Waals surface area contributed by atoms with Crippen molar-refractivity contribution in [1.82, 2.24) is 9.55 Å². The Balaban J connectivity index is 0.000000286. The van der Waals surface area contributed by atoms with Crippen LogP contribution in [0, 0.1) is 13.8 Å². The molecule has 1 aromatic heterocycles. The molecule has 0 radical (unpaired) electrons. The first kappa shape index (κ1) is 24.4.